The fraction of sp³-hybridized carbons (Fsp3) is 0.368. The second-order valence-electron chi connectivity index (χ2n) is 6.46. The lowest BCUT2D eigenvalue weighted by Crippen LogP contribution is -2.40. The van der Waals surface area contributed by atoms with E-state index in [9.17, 15) is 4.79 Å². The van der Waals surface area contributed by atoms with E-state index in [2.05, 4.69) is 32.7 Å². The molecule has 0 radical (unpaired) electrons. The number of furan rings is 1. The van der Waals surface area contributed by atoms with Crippen molar-refractivity contribution in [2.24, 2.45) is 5.92 Å². The standard InChI is InChI=1S/C19H21N3O2S/c1-13-2-3-15(24-13)12-21-19(23)14-5-9-22(10-6-14)18-16-7-11-25-17(16)4-8-20-18/h2-4,7-8,11,14H,5-6,9-10,12H2,1H3,(H,21,23). The van der Waals surface area contributed by atoms with E-state index in [0.717, 1.165) is 43.3 Å². The average Bonchev–Trinajstić information content (AvgIpc) is 3.28. The van der Waals surface area contributed by atoms with Crippen LogP contribution in [0.15, 0.2) is 40.3 Å². The molecule has 1 amide bonds. The minimum absolute atomic E-state index is 0.0639. The molecule has 1 aliphatic heterocycles. The van der Waals surface area contributed by atoms with E-state index in [1.165, 1.54) is 10.1 Å². The Morgan fingerprint density at radius 1 is 1.32 bits per heavy atom. The number of nitrogens with zero attached hydrogens (tertiary/aromatic N) is 2. The predicted octanol–water partition coefficient (Wildman–Crippen LogP) is 3.73. The maximum absolute atomic E-state index is 12.4. The van der Waals surface area contributed by atoms with Crippen molar-refractivity contribution in [1.82, 2.24) is 10.3 Å². The third-order valence-corrected chi connectivity index (χ3v) is 5.64. The van der Waals surface area contributed by atoms with Crippen molar-refractivity contribution in [3.8, 4) is 0 Å². The van der Waals surface area contributed by atoms with Gasteiger partial charge in [0.2, 0.25) is 5.91 Å². The number of aromatic nitrogens is 1. The van der Waals surface area contributed by atoms with Crippen LogP contribution in [0.4, 0.5) is 5.82 Å². The SMILES string of the molecule is Cc1ccc(CNC(=O)C2CCN(c3nccc4sccc34)CC2)o1. The zero-order valence-corrected chi connectivity index (χ0v) is 15.0. The molecule has 0 atom stereocenters. The molecular weight excluding hydrogens is 334 g/mol. The van der Waals surface area contributed by atoms with Crippen molar-refractivity contribution in [3.05, 3.63) is 47.4 Å². The molecule has 3 aromatic heterocycles. The summed E-state index contributed by atoms with van der Waals surface area (Å²) in [7, 11) is 0. The number of amides is 1. The first-order chi connectivity index (χ1) is 12.2. The van der Waals surface area contributed by atoms with Gasteiger partial charge in [0, 0.05) is 35.3 Å². The van der Waals surface area contributed by atoms with Crippen LogP contribution in [0.5, 0.6) is 0 Å². The number of fused-ring (bicyclic) bond motifs is 1. The zero-order chi connectivity index (χ0) is 17.2. The molecule has 1 saturated heterocycles. The second-order valence-corrected chi connectivity index (χ2v) is 7.41. The number of hydrogen-bond acceptors (Lipinski definition) is 5. The molecule has 5 nitrogen and oxygen atoms in total. The van der Waals surface area contributed by atoms with E-state index in [0.29, 0.717) is 6.54 Å². The summed E-state index contributed by atoms with van der Waals surface area (Å²) in [5.41, 5.74) is 0. The molecule has 0 unspecified atom stereocenters. The Hall–Kier alpha value is -2.34. The predicted molar refractivity (Wildman–Crippen MR) is 99.8 cm³/mol. The van der Waals surface area contributed by atoms with Crippen LogP contribution in [0.25, 0.3) is 10.1 Å². The van der Waals surface area contributed by atoms with Crippen LogP contribution in [0.3, 0.4) is 0 Å². The molecule has 130 valence electrons. The molecule has 0 saturated carbocycles. The van der Waals surface area contributed by atoms with Gasteiger partial charge in [-0.3, -0.25) is 4.79 Å². The van der Waals surface area contributed by atoms with Gasteiger partial charge in [-0.2, -0.15) is 0 Å². The summed E-state index contributed by atoms with van der Waals surface area (Å²) >= 11 is 1.74. The van der Waals surface area contributed by atoms with Gasteiger partial charge in [0.15, 0.2) is 0 Å². The lowest BCUT2D eigenvalue weighted by molar-refractivity contribution is -0.125. The Bertz CT molecular complexity index is 878. The van der Waals surface area contributed by atoms with Gasteiger partial charge >= 0.3 is 0 Å². The van der Waals surface area contributed by atoms with Crippen LogP contribution < -0.4 is 10.2 Å². The topological polar surface area (TPSA) is 58.4 Å². The molecule has 0 aliphatic carbocycles. The Morgan fingerprint density at radius 3 is 2.92 bits per heavy atom. The Labute approximate surface area is 150 Å². The van der Waals surface area contributed by atoms with Crippen LogP contribution in [0, 0.1) is 12.8 Å². The highest BCUT2D eigenvalue weighted by Gasteiger charge is 2.26. The van der Waals surface area contributed by atoms with Gasteiger partial charge in [-0.05, 0) is 49.4 Å². The Balaban J connectivity index is 1.35. The van der Waals surface area contributed by atoms with Gasteiger partial charge in [-0.15, -0.1) is 11.3 Å². The number of nitrogens with one attached hydrogen (secondary N) is 1. The fourth-order valence-electron chi connectivity index (χ4n) is 3.38. The van der Waals surface area contributed by atoms with E-state index in [-0.39, 0.29) is 11.8 Å². The summed E-state index contributed by atoms with van der Waals surface area (Å²) in [6, 6.07) is 8.01. The van der Waals surface area contributed by atoms with Crippen molar-refractivity contribution < 1.29 is 9.21 Å². The quantitative estimate of drug-likeness (QED) is 0.775. The summed E-state index contributed by atoms with van der Waals surface area (Å²) in [4.78, 5) is 19.3. The summed E-state index contributed by atoms with van der Waals surface area (Å²) in [5.74, 6) is 2.90. The number of hydrogen-bond donors (Lipinski definition) is 1. The molecule has 1 fully saturated rings. The molecular formula is C19H21N3O2S. The minimum Gasteiger partial charge on any atom is -0.465 e. The number of piperidine rings is 1. The second kappa shape index (κ2) is 6.88. The van der Waals surface area contributed by atoms with Crippen LogP contribution >= 0.6 is 11.3 Å². The molecule has 25 heavy (non-hydrogen) atoms. The molecule has 0 aromatic carbocycles. The summed E-state index contributed by atoms with van der Waals surface area (Å²) in [6.07, 6.45) is 3.58. The molecule has 0 spiro atoms. The van der Waals surface area contributed by atoms with E-state index >= 15 is 0 Å². The fourth-order valence-corrected chi connectivity index (χ4v) is 4.16. The number of thiophene rings is 1. The monoisotopic (exact) mass is 355 g/mol. The van der Waals surface area contributed by atoms with E-state index in [1.807, 2.05) is 25.3 Å². The van der Waals surface area contributed by atoms with Crippen LogP contribution in [0.2, 0.25) is 0 Å². The number of anilines is 1. The highest BCUT2D eigenvalue weighted by Crippen LogP contribution is 2.31. The Kier molecular flexibility index (Phi) is 4.44. The molecule has 3 aromatic rings. The zero-order valence-electron chi connectivity index (χ0n) is 14.2. The van der Waals surface area contributed by atoms with Gasteiger partial charge < -0.3 is 14.6 Å². The minimum atomic E-state index is 0.0639. The first-order valence-corrected chi connectivity index (χ1v) is 9.49. The summed E-state index contributed by atoms with van der Waals surface area (Å²) < 4.78 is 6.76. The maximum atomic E-state index is 12.4. The van der Waals surface area contributed by atoms with Crippen LogP contribution in [-0.2, 0) is 11.3 Å². The lowest BCUT2D eigenvalue weighted by Gasteiger charge is -2.32. The molecule has 1 N–H and O–H groups in total. The Morgan fingerprint density at radius 2 is 2.16 bits per heavy atom. The molecule has 0 bridgehead atoms. The van der Waals surface area contributed by atoms with Crippen LogP contribution in [-0.4, -0.2) is 24.0 Å². The first-order valence-electron chi connectivity index (χ1n) is 8.61. The highest BCUT2D eigenvalue weighted by molar-refractivity contribution is 7.17. The van der Waals surface area contributed by atoms with Crippen molar-refractivity contribution in [1.29, 1.82) is 0 Å². The van der Waals surface area contributed by atoms with Crippen molar-refractivity contribution >= 4 is 33.1 Å². The molecule has 4 rings (SSSR count). The van der Waals surface area contributed by atoms with Gasteiger partial charge in [0.25, 0.3) is 0 Å². The summed E-state index contributed by atoms with van der Waals surface area (Å²) in [5, 5.41) is 6.31. The maximum Gasteiger partial charge on any atom is 0.223 e. The first kappa shape index (κ1) is 16.1. The number of rotatable bonds is 4. The van der Waals surface area contributed by atoms with E-state index in [4.69, 9.17) is 4.42 Å². The molecule has 6 heteroatoms. The van der Waals surface area contributed by atoms with E-state index in [1.54, 1.807) is 11.3 Å². The number of carbonyl (C=O) groups is 1. The average molecular weight is 355 g/mol. The summed E-state index contributed by atoms with van der Waals surface area (Å²) in [6.45, 7) is 4.09. The van der Waals surface area contributed by atoms with Gasteiger partial charge in [-0.1, -0.05) is 0 Å². The third-order valence-electron chi connectivity index (χ3n) is 4.76. The third kappa shape index (κ3) is 3.39. The lowest BCUT2D eigenvalue weighted by atomic mass is 9.95. The van der Waals surface area contributed by atoms with Gasteiger partial charge in [0.1, 0.15) is 17.3 Å². The van der Waals surface area contributed by atoms with Crippen LogP contribution in [0.1, 0.15) is 24.4 Å². The van der Waals surface area contributed by atoms with Crippen molar-refractivity contribution in [2.45, 2.75) is 26.3 Å². The molecule has 4 heterocycles. The van der Waals surface area contributed by atoms with Crippen molar-refractivity contribution in [3.63, 3.8) is 0 Å². The van der Waals surface area contributed by atoms with Crippen molar-refractivity contribution in [2.75, 3.05) is 18.0 Å². The number of pyridine rings is 1. The van der Waals surface area contributed by atoms with Gasteiger partial charge in [-0.25, -0.2) is 4.98 Å². The van der Waals surface area contributed by atoms with Gasteiger partial charge in [0.05, 0.1) is 6.54 Å². The molecule has 1 aliphatic rings. The van der Waals surface area contributed by atoms with E-state index < -0.39 is 0 Å². The smallest absolute Gasteiger partial charge is 0.223 e. The largest absolute Gasteiger partial charge is 0.465 e. The normalized spacial score (nSPS) is 15.6. The number of carbonyl (C=O) groups excluding carboxylic acids is 1. The number of aryl methyl sites for hydroxylation is 1. The highest BCUT2D eigenvalue weighted by atomic mass is 32.1.